The Morgan fingerprint density at radius 1 is 0.929 bits per heavy atom. The maximum Gasteiger partial charge on any atom is 0.421 e. The summed E-state index contributed by atoms with van der Waals surface area (Å²) in [5, 5.41) is 11.5. The van der Waals surface area contributed by atoms with Gasteiger partial charge in [0.25, 0.3) is 0 Å². The van der Waals surface area contributed by atoms with Crippen molar-refractivity contribution < 1.29 is 22.7 Å². The van der Waals surface area contributed by atoms with Gasteiger partial charge in [0.05, 0.1) is 5.52 Å². The minimum Gasteiger partial charge on any atom is -0.376 e. The number of benzene rings is 2. The van der Waals surface area contributed by atoms with Crippen molar-refractivity contribution in [3.63, 3.8) is 0 Å². The molecular weight excluding hydrogens is 370 g/mol. The fourth-order valence-electron chi connectivity index (χ4n) is 3.71. The lowest BCUT2D eigenvalue weighted by Gasteiger charge is -2.45. The van der Waals surface area contributed by atoms with E-state index in [-0.39, 0.29) is 10.9 Å². The van der Waals surface area contributed by atoms with Crippen molar-refractivity contribution in [1.82, 2.24) is 4.98 Å². The van der Waals surface area contributed by atoms with E-state index in [1.807, 2.05) is 0 Å². The Hall–Kier alpha value is -2.47. The van der Waals surface area contributed by atoms with E-state index in [9.17, 15) is 22.7 Å². The first-order valence-electron chi connectivity index (χ1n) is 8.89. The van der Waals surface area contributed by atoms with Crippen LogP contribution in [0.1, 0.15) is 31.9 Å². The highest BCUT2D eigenvalue weighted by molar-refractivity contribution is 5.83. The maximum absolute atomic E-state index is 14.3. The lowest BCUT2D eigenvalue weighted by molar-refractivity contribution is -0.291. The fourth-order valence-corrected chi connectivity index (χ4v) is 3.71. The molecule has 148 valence electrons. The highest BCUT2D eigenvalue weighted by atomic mass is 19.4. The van der Waals surface area contributed by atoms with Crippen LogP contribution in [0.25, 0.3) is 10.9 Å². The predicted molar refractivity (Wildman–Crippen MR) is 100 cm³/mol. The summed E-state index contributed by atoms with van der Waals surface area (Å²) in [6, 6.07) is 12.9. The van der Waals surface area contributed by atoms with Gasteiger partial charge in [-0.15, -0.1) is 0 Å². The molecule has 0 spiro atoms. The van der Waals surface area contributed by atoms with Crippen molar-refractivity contribution in [2.75, 3.05) is 0 Å². The van der Waals surface area contributed by atoms with Crippen LogP contribution in [0, 0.1) is 11.7 Å². The van der Waals surface area contributed by atoms with Crippen LogP contribution < -0.4 is 0 Å². The predicted octanol–water partition coefficient (Wildman–Crippen LogP) is 5.74. The van der Waals surface area contributed by atoms with Crippen molar-refractivity contribution in [2.24, 2.45) is 5.92 Å². The molecule has 0 aliphatic rings. The lowest BCUT2D eigenvalue weighted by Crippen LogP contribution is -2.53. The summed E-state index contributed by atoms with van der Waals surface area (Å²) in [7, 11) is 0. The average Bonchev–Trinajstić information content (AvgIpc) is 2.65. The molecule has 0 radical (unpaired) electrons. The van der Waals surface area contributed by atoms with Gasteiger partial charge >= 0.3 is 6.18 Å². The molecule has 3 rings (SSSR count). The van der Waals surface area contributed by atoms with Crippen LogP contribution in [0.15, 0.2) is 60.8 Å². The van der Waals surface area contributed by atoms with E-state index in [0.717, 1.165) is 0 Å². The number of nitrogens with zero attached hydrogens (tertiary/aromatic N) is 1. The molecule has 1 aromatic heterocycles. The van der Waals surface area contributed by atoms with Gasteiger partial charge in [-0.2, -0.15) is 13.2 Å². The first-order chi connectivity index (χ1) is 13.0. The first kappa shape index (κ1) is 20.3. The molecule has 0 aliphatic carbocycles. The first-order valence-corrected chi connectivity index (χ1v) is 8.89. The second-order valence-electron chi connectivity index (χ2n) is 7.59. The molecule has 6 heteroatoms. The Morgan fingerprint density at radius 2 is 1.54 bits per heavy atom. The number of para-hydroxylation sites is 1. The van der Waals surface area contributed by atoms with E-state index in [1.165, 1.54) is 49.5 Å². The van der Waals surface area contributed by atoms with Crippen LogP contribution in [0.2, 0.25) is 0 Å². The standard InChI is InChI=1S/C22H21F4NO/c1-14(20(2,3)15-8-10-16(23)11-9-15)21(28,22(24,25)26)18-12-13-27-19-7-5-4-6-17(18)19/h4-14,28H,1-3H3. The van der Waals surface area contributed by atoms with Crippen LogP contribution in [0.4, 0.5) is 17.6 Å². The van der Waals surface area contributed by atoms with Crippen LogP contribution in [0.5, 0.6) is 0 Å². The van der Waals surface area contributed by atoms with Crippen molar-refractivity contribution in [1.29, 1.82) is 0 Å². The van der Waals surface area contributed by atoms with Gasteiger partial charge in [0.2, 0.25) is 0 Å². The Morgan fingerprint density at radius 3 is 2.14 bits per heavy atom. The molecule has 2 nitrogen and oxygen atoms in total. The average molecular weight is 391 g/mol. The summed E-state index contributed by atoms with van der Waals surface area (Å²) in [6.45, 7) is 4.60. The molecule has 0 aliphatic heterocycles. The van der Waals surface area contributed by atoms with Crippen molar-refractivity contribution >= 4 is 10.9 Å². The smallest absolute Gasteiger partial charge is 0.376 e. The van der Waals surface area contributed by atoms with Gasteiger partial charge in [0.1, 0.15) is 5.82 Å². The zero-order chi connectivity index (χ0) is 20.7. The van der Waals surface area contributed by atoms with Crippen molar-refractivity contribution in [2.45, 2.75) is 38.0 Å². The van der Waals surface area contributed by atoms with E-state index >= 15 is 0 Å². The Kier molecular flexibility index (Phi) is 4.96. The quantitative estimate of drug-likeness (QED) is 0.576. The normalized spacial score (nSPS) is 16.0. The monoisotopic (exact) mass is 391 g/mol. The molecule has 2 aromatic carbocycles. The number of rotatable bonds is 4. The Balaban J connectivity index is 2.23. The van der Waals surface area contributed by atoms with E-state index in [4.69, 9.17) is 0 Å². The number of alkyl halides is 3. The molecule has 2 atom stereocenters. The zero-order valence-corrected chi connectivity index (χ0v) is 15.8. The van der Waals surface area contributed by atoms with Gasteiger partial charge in [-0.25, -0.2) is 4.39 Å². The second kappa shape index (κ2) is 6.85. The third kappa shape index (κ3) is 3.15. The molecule has 0 saturated heterocycles. The van der Waals surface area contributed by atoms with E-state index < -0.39 is 28.9 Å². The minimum atomic E-state index is -4.94. The summed E-state index contributed by atoms with van der Waals surface area (Å²) in [4.78, 5) is 4.11. The maximum atomic E-state index is 14.3. The third-order valence-electron chi connectivity index (χ3n) is 5.79. The number of aliphatic hydroxyl groups is 1. The molecule has 1 heterocycles. The third-order valence-corrected chi connectivity index (χ3v) is 5.79. The van der Waals surface area contributed by atoms with Gasteiger partial charge in [-0.3, -0.25) is 4.98 Å². The van der Waals surface area contributed by atoms with Crippen LogP contribution in [-0.2, 0) is 11.0 Å². The number of pyridine rings is 1. The summed E-state index contributed by atoms with van der Waals surface area (Å²) in [5.74, 6) is -1.75. The topological polar surface area (TPSA) is 33.1 Å². The minimum absolute atomic E-state index is 0.242. The largest absolute Gasteiger partial charge is 0.421 e. The highest BCUT2D eigenvalue weighted by Gasteiger charge is 2.62. The van der Waals surface area contributed by atoms with Crippen LogP contribution in [-0.4, -0.2) is 16.3 Å². The van der Waals surface area contributed by atoms with E-state index in [0.29, 0.717) is 11.1 Å². The van der Waals surface area contributed by atoms with E-state index in [1.54, 1.807) is 32.0 Å². The number of fused-ring (bicyclic) bond motifs is 1. The Labute approximate surface area is 160 Å². The number of aromatic nitrogens is 1. The molecule has 0 saturated carbocycles. The van der Waals surface area contributed by atoms with Gasteiger partial charge in [0.15, 0.2) is 5.60 Å². The van der Waals surface area contributed by atoms with Gasteiger partial charge < -0.3 is 5.11 Å². The van der Waals surface area contributed by atoms with Gasteiger partial charge in [0, 0.05) is 23.1 Å². The zero-order valence-electron chi connectivity index (χ0n) is 15.8. The number of halogens is 4. The molecule has 0 amide bonds. The van der Waals surface area contributed by atoms with Crippen LogP contribution >= 0.6 is 0 Å². The summed E-state index contributed by atoms with van der Waals surface area (Å²) < 4.78 is 56.3. The summed E-state index contributed by atoms with van der Waals surface area (Å²) in [5.41, 5.74) is -3.61. The molecule has 0 fully saturated rings. The molecule has 2 unspecified atom stereocenters. The van der Waals surface area contributed by atoms with E-state index in [2.05, 4.69) is 4.98 Å². The summed E-state index contributed by atoms with van der Waals surface area (Å²) in [6.07, 6.45) is -3.67. The summed E-state index contributed by atoms with van der Waals surface area (Å²) >= 11 is 0. The van der Waals surface area contributed by atoms with Gasteiger partial charge in [-0.05, 0) is 35.2 Å². The van der Waals surface area contributed by atoms with Crippen molar-refractivity contribution in [3.8, 4) is 0 Å². The lowest BCUT2D eigenvalue weighted by atomic mass is 9.64. The molecule has 0 bridgehead atoms. The SMILES string of the molecule is CC(C(C)(C)c1ccc(F)cc1)C(O)(c1ccnc2ccccc12)C(F)(F)F. The number of hydrogen-bond donors (Lipinski definition) is 1. The second-order valence-corrected chi connectivity index (χ2v) is 7.59. The van der Waals surface area contributed by atoms with Crippen molar-refractivity contribution in [3.05, 3.63) is 77.7 Å². The molecule has 3 aromatic rings. The van der Waals surface area contributed by atoms with Gasteiger partial charge in [-0.1, -0.05) is 51.1 Å². The Bertz CT molecular complexity index is 976. The molecular formula is C22H21F4NO. The molecule has 28 heavy (non-hydrogen) atoms. The fraction of sp³-hybridized carbons (Fsp3) is 0.318. The van der Waals surface area contributed by atoms with Crippen LogP contribution in [0.3, 0.4) is 0 Å². The number of hydrogen-bond acceptors (Lipinski definition) is 2. The molecule has 1 N–H and O–H groups in total. The highest BCUT2D eigenvalue weighted by Crippen LogP contribution is 2.52.